The molecule has 1 aliphatic rings. The highest BCUT2D eigenvalue weighted by molar-refractivity contribution is 5.59. The summed E-state index contributed by atoms with van der Waals surface area (Å²) in [6, 6.07) is 7.84. The van der Waals surface area contributed by atoms with Crippen LogP contribution in [0.15, 0.2) is 34.9 Å². The molecule has 7 nitrogen and oxygen atoms in total. The van der Waals surface area contributed by atoms with Crippen LogP contribution < -0.4 is 0 Å². The topological polar surface area (TPSA) is 68.7 Å². The Morgan fingerprint density at radius 2 is 2.00 bits per heavy atom. The molecule has 1 saturated heterocycles. The van der Waals surface area contributed by atoms with E-state index in [1.165, 1.54) is 0 Å². The van der Waals surface area contributed by atoms with Gasteiger partial charge in [-0.15, -0.1) is 10.2 Å². The monoisotopic (exact) mass is 313 g/mol. The van der Waals surface area contributed by atoms with Gasteiger partial charge in [-0.1, -0.05) is 6.07 Å². The first-order valence-corrected chi connectivity index (χ1v) is 7.82. The lowest BCUT2D eigenvalue weighted by molar-refractivity contribution is -0.0721. The lowest BCUT2D eigenvalue weighted by Gasteiger charge is -2.34. The SMILES string of the molecule is C[C@@H]1CN(Cc2nnc(-c3cc4ccccn4n3)o2)C[C@@H](C)O1. The molecule has 0 saturated carbocycles. The Hall–Kier alpha value is -2.25. The minimum atomic E-state index is 0.222. The fraction of sp³-hybridized carbons (Fsp3) is 0.438. The summed E-state index contributed by atoms with van der Waals surface area (Å²) in [5, 5.41) is 12.7. The fourth-order valence-electron chi connectivity index (χ4n) is 3.07. The summed E-state index contributed by atoms with van der Waals surface area (Å²) in [6.07, 6.45) is 2.34. The van der Waals surface area contributed by atoms with Gasteiger partial charge in [0, 0.05) is 19.3 Å². The van der Waals surface area contributed by atoms with Crippen LogP contribution >= 0.6 is 0 Å². The molecule has 3 aromatic heterocycles. The van der Waals surface area contributed by atoms with Crippen molar-refractivity contribution >= 4 is 5.52 Å². The Balaban J connectivity index is 1.52. The van der Waals surface area contributed by atoms with Crippen LogP contribution in [-0.2, 0) is 11.3 Å². The molecule has 7 heteroatoms. The normalized spacial score (nSPS) is 22.7. The molecule has 0 aromatic carbocycles. The number of ether oxygens (including phenoxy) is 1. The van der Waals surface area contributed by atoms with Crippen molar-refractivity contribution in [3.8, 4) is 11.6 Å². The molecular weight excluding hydrogens is 294 g/mol. The molecule has 2 atom stereocenters. The average Bonchev–Trinajstić information content (AvgIpc) is 3.12. The molecule has 0 amide bonds. The maximum absolute atomic E-state index is 5.79. The average molecular weight is 313 g/mol. The van der Waals surface area contributed by atoms with E-state index in [9.17, 15) is 0 Å². The van der Waals surface area contributed by atoms with Crippen molar-refractivity contribution in [3.05, 3.63) is 36.4 Å². The van der Waals surface area contributed by atoms with Crippen molar-refractivity contribution in [2.24, 2.45) is 0 Å². The third-order valence-electron chi connectivity index (χ3n) is 3.91. The van der Waals surface area contributed by atoms with Gasteiger partial charge in [-0.25, -0.2) is 4.52 Å². The first-order chi connectivity index (χ1) is 11.2. The van der Waals surface area contributed by atoms with Gasteiger partial charge in [0.05, 0.1) is 24.3 Å². The Morgan fingerprint density at radius 1 is 1.17 bits per heavy atom. The molecule has 120 valence electrons. The van der Waals surface area contributed by atoms with Crippen LogP contribution in [0.1, 0.15) is 19.7 Å². The van der Waals surface area contributed by atoms with Crippen molar-refractivity contribution in [2.75, 3.05) is 13.1 Å². The second-order valence-corrected chi connectivity index (χ2v) is 6.05. The van der Waals surface area contributed by atoms with Crippen LogP contribution in [0.2, 0.25) is 0 Å². The van der Waals surface area contributed by atoms with Crippen molar-refractivity contribution in [3.63, 3.8) is 0 Å². The van der Waals surface area contributed by atoms with Gasteiger partial charge in [0.15, 0.2) is 5.69 Å². The second kappa shape index (κ2) is 5.75. The fourth-order valence-corrected chi connectivity index (χ4v) is 3.07. The lowest BCUT2D eigenvalue weighted by Crippen LogP contribution is -2.44. The van der Waals surface area contributed by atoms with E-state index in [0.717, 1.165) is 18.6 Å². The first-order valence-electron chi connectivity index (χ1n) is 7.82. The smallest absolute Gasteiger partial charge is 0.268 e. The molecule has 0 unspecified atom stereocenters. The maximum Gasteiger partial charge on any atom is 0.268 e. The zero-order valence-corrected chi connectivity index (χ0v) is 13.2. The number of hydrogen-bond acceptors (Lipinski definition) is 6. The second-order valence-electron chi connectivity index (χ2n) is 6.05. The summed E-state index contributed by atoms with van der Waals surface area (Å²) in [7, 11) is 0. The Morgan fingerprint density at radius 3 is 2.78 bits per heavy atom. The summed E-state index contributed by atoms with van der Waals surface area (Å²) < 4.78 is 13.3. The van der Waals surface area contributed by atoms with Crippen molar-refractivity contribution in [1.29, 1.82) is 0 Å². The zero-order chi connectivity index (χ0) is 15.8. The molecular formula is C16H19N5O2. The summed E-state index contributed by atoms with van der Waals surface area (Å²) in [5.41, 5.74) is 1.69. The van der Waals surface area contributed by atoms with Gasteiger partial charge in [-0.2, -0.15) is 5.10 Å². The summed E-state index contributed by atoms with van der Waals surface area (Å²) in [4.78, 5) is 2.28. The van der Waals surface area contributed by atoms with Crippen molar-refractivity contribution in [1.82, 2.24) is 24.7 Å². The van der Waals surface area contributed by atoms with Crippen LogP contribution in [0.5, 0.6) is 0 Å². The predicted octanol–water partition coefficient (Wildman–Crippen LogP) is 1.99. The van der Waals surface area contributed by atoms with Crippen molar-refractivity contribution in [2.45, 2.75) is 32.6 Å². The third kappa shape index (κ3) is 2.97. The highest BCUT2D eigenvalue weighted by atomic mass is 16.5. The van der Waals surface area contributed by atoms with Crippen LogP contribution in [-0.4, -0.2) is 50.0 Å². The predicted molar refractivity (Wildman–Crippen MR) is 83.8 cm³/mol. The summed E-state index contributed by atoms with van der Waals surface area (Å²) in [6.45, 7) is 6.54. The first kappa shape index (κ1) is 14.3. The molecule has 1 aliphatic heterocycles. The van der Waals surface area contributed by atoms with E-state index in [4.69, 9.17) is 9.15 Å². The van der Waals surface area contributed by atoms with Gasteiger partial charge >= 0.3 is 0 Å². The largest absolute Gasteiger partial charge is 0.418 e. The lowest BCUT2D eigenvalue weighted by atomic mass is 10.2. The quantitative estimate of drug-likeness (QED) is 0.736. The van der Waals surface area contributed by atoms with Crippen LogP contribution in [0.4, 0.5) is 0 Å². The van der Waals surface area contributed by atoms with E-state index >= 15 is 0 Å². The van der Waals surface area contributed by atoms with Gasteiger partial charge in [-0.05, 0) is 32.0 Å². The minimum absolute atomic E-state index is 0.222. The molecule has 0 N–H and O–H groups in total. The van der Waals surface area contributed by atoms with Crippen LogP contribution in [0, 0.1) is 0 Å². The number of nitrogens with zero attached hydrogens (tertiary/aromatic N) is 5. The summed E-state index contributed by atoms with van der Waals surface area (Å²) >= 11 is 0. The van der Waals surface area contributed by atoms with Crippen LogP contribution in [0.3, 0.4) is 0 Å². The number of morpholine rings is 1. The Labute approximate surface area is 133 Å². The number of aromatic nitrogens is 4. The molecule has 4 rings (SSSR count). The van der Waals surface area contributed by atoms with E-state index < -0.39 is 0 Å². The van der Waals surface area contributed by atoms with E-state index in [2.05, 4.69) is 34.0 Å². The number of pyridine rings is 1. The van der Waals surface area contributed by atoms with Gasteiger partial charge in [-0.3, -0.25) is 4.90 Å². The van der Waals surface area contributed by atoms with Crippen molar-refractivity contribution < 1.29 is 9.15 Å². The van der Waals surface area contributed by atoms with E-state index in [1.807, 2.05) is 30.5 Å². The van der Waals surface area contributed by atoms with Gasteiger partial charge in [0.2, 0.25) is 5.89 Å². The van der Waals surface area contributed by atoms with E-state index in [0.29, 0.717) is 24.0 Å². The highest BCUT2D eigenvalue weighted by Crippen LogP contribution is 2.20. The van der Waals surface area contributed by atoms with Crippen LogP contribution in [0.25, 0.3) is 17.1 Å². The molecule has 0 radical (unpaired) electrons. The van der Waals surface area contributed by atoms with E-state index in [-0.39, 0.29) is 12.2 Å². The van der Waals surface area contributed by atoms with Gasteiger partial charge < -0.3 is 9.15 Å². The Kier molecular flexibility index (Phi) is 3.59. The maximum atomic E-state index is 5.79. The Bertz CT molecular complexity index is 769. The van der Waals surface area contributed by atoms with Gasteiger partial charge in [0.1, 0.15) is 0 Å². The van der Waals surface area contributed by atoms with Gasteiger partial charge in [0.25, 0.3) is 5.89 Å². The molecule has 1 fully saturated rings. The minimum Gasteiger partial charge on any atom is -0.418 e. The molecule has 4 heterocycles. The third-order valence-corrected chi connectivity index (χ3v) is 3.91. The number of hydrogen-bond donors (Lipinski definition) is 0. The number of fused-ring (bicyclic) bond motifs is 1. The molecule has 0 spiro atoms. The zero-order valence-electron chi connectivity index (χ0n) is 13.2. The van der Waals surface area contributed by atoms with E-state index in [1.54, 1.807) is 4.52 Å². The molecule has 3 aromatic rings. The number of rotatable bonds is 3. The molecule has 0 bridgehead atoms. The standard InChI is InChI=1S/C16H19N5O2/c1-11-8-20(9-12(2)22-11)10-15-17-18-16(23-15)14-7-13-5-3-4-6-21(13)19-14/h3-7,11-12H,8-10H2,1-2H3/t11-,12-/m1/s1. The molecule has 23 heavy (non-hydrogen) atoms. The molecule has 0 aliphatic carbocycles. The summed E-state index contributed by atoms with van der Waals surface area (Å²) in [5.74, 6) is 1.07. The highest BCUT2D eigenvalue weighted by Gasteiger charge is 2.24.